The van der Waals surface area contributed by atoms with E-state index in [1.165, 1.54) is 27.1 Å². The van der Waals surface area contributed by atoms with Crippen molar-refractivity contribution in [1.82, 2.24) is 15.0 Å². The van der Waals surface area contributed by atoms with Crippen LogP contribution in [-0.4, -0.2) is 15.0 Å². The number of furan rings is 1. The van der Waals surface area contributed by atoms with Crippen LogP contribution in [0.5, 0.6) is 0 Å². The molecule has 0 fully saturated rings. The molecule has 4 heterocycles. The predicted molar refractivity (Wildman–Crippen MR) is 256 cm³/mol. The first-order valence-electron chi connectivity index (χ1n) is 20.8. The standard InChI is InChI=1S/C57H36N4O/c1-2-10-42(11-3-1)57-56-44(12-8-32-58-56)34-53(60-57)41-24-30-47(31-25-41)61(46-28-22-40(23-29-46)52-35-55-51(36-59-52)49-14-6-7-15-54(49)62-55)45-26-20-37(21-27-45)43-19-18-39-17-16-38-9-4-5-13-48(38)50(39)33-43/h1-36H. The van der Waals surface area contributed by atoms with Gasteiger partial charge < -0.3 is 9.32 Å². The monoisotopic (exact) mass is 792 g/mol. The summed E-state index contributed by atoms with van der Waals surface area (Å²) in [5.74, 6) is 0. The van der Waals surface area contributed by atoms with Gasteiger partial charge in [0.15, 0.2) is 0 Å². The number of para-hydroxylation sites is 1. The van der Waals surface area contributed by atoms with Gasteiger partial charge in [0, 0.05) is 68.4 Å². The lowest BCUT2D eigenvalue weighted by Crippen LogP contribution is -2.09. The van der Waals surface area contributed by atoms with Crippen LogP contribution in [0.25, 0.3) is 99.3 Å². The second kappa shape index (κ2) is 14.7. The van der Waals surface area contributed by atoms with Crippen LogP contribution in [0.4, 0.5) is 17.1 Å². The quantitative estimate of drug-likeness (QED) is 0.150. The summed E-state index contributed by atoms with van der Waals surface area (Å²) in [4.78, 5) is 17.1. The molecule has 0 spiro atoms. The molecule has 8 aromatic carbocycles. The lowest BCUT2D eigenvalue weighted by atomic mass is 9.97. The molecule has 12 aromatic rings. The molecule has 0 radical (unpaired) electrons. The number of anilines is 3. The SMILES string of the molecule is c1ccc(-c2nc(-c3ccc(N(c4ccc(-c5ccc6ccc7ccccc7c6c5)cc4)c4ccc(-c5cc6oc7ccccc7c6cn5)cc4)cc3)cc3cccnc23)cc1. The Morgan fingerprint density at radius 3 is 1.71 bits per heavy atom. The highest BCUT2D eigenvalue weighted by Gasteiger charge is 2.17. The molecule has 4 aromatic heterocycles. The molecule has 0 saturated carbocycles. The average molecular weight is 793 g/mol. The second-order valence-corrected chi connectivity index (χ2v) is 15.7. The van der Waals surface area contributed by atoms with E-state index in [1.807, 2.05) is 60.9 Å². The number of hydrogen-bond acceptors (Lipinski definition) is 5. The van der Waals surface area contributed by atoms with E-state index in [1.54, 1.807) is 0 Å². The third-order valence-corrected chi connectivity index (χ3v) is 11.9. The molecule has 5 heteroatoms. The third-order valence-electron chi connectivity index (χ3n) is 11.9. The van der Waals surface area contributed by atoms with Crippen molar-refractivity contribution < 1.29 is 4.42 Å². The Morgan fingerprint density at radius 2 is 0.952 bits per heavy atom. The lowest BCUT2D eigenvalue weighted by molar-refractivity contribution is 0.668. The summed E-state index contributed by atoms with van der Waals surface area (Å²) in [5.41, 5.74) is 13.7. The van der Waals surface area contributed by atoms with Crippen LogP contribution in [0, 0.1) is 0 Å². The number of rotatable bonds is 7. The van der Waals surface area contributed by atoms with Gasteiger partial charge in [-0.25, -0.2) is 4.98 Å². The fraction of sp³-hybridized carbons (Fsp3) is 0. The maximum atomic E-state index is 6.21. The molecule has 0 aliphatic heterocycles. The molecule has 12 rings (SSSR count). The van der Waals surface area contributed by atoms with Crippen LogP contribution in [0.2, 0.25) is 0 Å². The summed E-state index contributed by atoms with van der Waals surface area (Å²) < 4.78 is 6.21. The van der Waals surface area contributed by atoms with E-state index in [0.717, 1.165) is 89.2 Å². The number of nitrogens with zero attached hydrogens (tertiary/aromatic N) is 4. The first-order valence-corrected chi connectivity index (χ1v) is 20.8. The van der Waals surface area contributed by atoms with Gasteiger partial charge in [-0.1, -0.05) is 140 Å². The van der Waals surface area contributed by atoms with E-state index in [9.17, 15) is 0 Å². The number of aromatic nitrogens is 3. The highest BCUT2D eigenvalue weighted by Crippen LogP contribution is 2.39. The predicted octanol–water partition coefficient (Wildman–Crippen LogP) is 15.4. The minimum Gasteiger partial charge on any atom is -0.456 e. The van der Waals surface area contributed by atoms with Gasteiger partial charge >= 0.3 is 0 Å². The molecule has 0 bridgehead atoms. The Labute approximate surface area is 357 Å². The van der Waals surface area contributed by atoms with Crippen molar-refractivity contribution in [1.29, 1.82) is 0 Å². The second-order valence-electron chi connectivity index (χ2n) is 15.7. The Hall–Kier alpha value is -8.41. The normalized spacial score (nSPS) is 11.5. The van der Waals surface area contributed by atoms with Gasteiger partial charge in [0.25, 0.3) is 0 Å². The third kappa shape index (κ3) is 6.23. The zero-order chi connectivity index (χ0) is 41.0. The summed E-state index contributed by atoms with van der Waals surface area (Å²) in [6.45, 7) is 0. The molecule has 0 saturated heterocycles. The number of benzene rings is 8. The summed E-state index contributed by atoms with van der Waals surface area (Å²) in [6.07, 6.45) is 3.75. The number of fused-ring (bicyclic) bond motifs is 7. The minimum absolute atomic E-state index is 0.828. The fourth-order valence-electron chi connectivity index (χ4n) is 8.80. The molecular weight excluding hydrogens is 757 g/mol. The molecule has 0 N–H and O–H groups in total. The largest absolute Gasteiger partial charge is 0.456 e. The van der Waals surface area contributed by atoms with E-state index in [4.69, 9.17) is 19.4 Å². The smallest absolute Gasteiger partial charge is 0.139 e. The van der Waals surface area contributed by atoms with Gasteiger partial charge in [0.2, 0.25) is 0 Å². The average Bonchev–Trinajstić information content (AvgIpc) is 3.72. The first kappa shape index (κ1) is 35.5. The Bertz CT molecular complexity index is 3620. The summed E-state index contributed by atoms with van der Waals surface area (Å²) in [5, 5.41) is 8.15. The fourth-order valence-corrected chi connectivity index (χ4v) is 8.80. The molecule has 0 aliphatic carbocycles. The maximum Gasteiger partial charge on any atom is 0.139 e. The zero-order valence-corrected chi connectivity index (χ0v) is 33.5. The molecule has 0 amide bonds. The van der Waals surface area contributed by atoms with Crippen LogP contribution >= 0.6 is 0 Å². The molecule has 5 nitrogen and oxygen atoms in total. The summed E-state index contributed by atoms with van der Waals surface area (Å²) >= 11 is 0. The summed E-state index contributed by atoms with van der Waals surface area (Å²) in [7, 11) is 0. The Morgan fingerprint density at radius 1 is 0.355 bits per heavy atom. The zero-order valence-electron chi connectivity index (χ0n) is 33.5. The molecule has 0 aliphatic rings. The van der Waals surface area contributed by atoms with Crippen molar-refractivity contribution in [2.45, 2.75) is 0 Å². The van der Waals surface area contributed by atoms with Gasteiger partial charge in [0.1, 0.15) is 11.2 Å². The van der Waals surface area contributed by atoms with Crippen molar-refractivity contribution in [3.63, 3.8) is 0 Å². The van der Waals surface area contributed by atoms with E-state index in [0.29, 0.717) is 0 Å². The number of pyridine rings is 3. The molecule has 62 heavy (non-hydrogen) atoms. The van der Waals surface area contributed by atoms with Crippen LogP contribution in [0.1, 0.15) is 0 Å². The van der Waals surface area contributed by atoms with Crippen molar-refractivity contribution in [2.75, 3.05) is 4.90 Å². The molecule has 0 unspecified atom stereocenters. The van der Waals surface area contributed by atoms with Gasteiger partial charge in [-0.05, 0) is 93.3 Å². The highest BCUT2D eigenvalue weighted by atomic mass is 16.3. The van der Waals surface area contributed by atoms with E-state index < -0.39 is 0 Å². The molecule has 0 atom stereocenters. The van der Waals surface area contributed by atoms with Gasteiger partial charge in [-0.3, -0.25) is 9.97 Å². The summed E-state index contributed by atoms with van der Waals surface area (Å²) in [6, 6.07) is 72.6. The van der Waals surface area contributed by atoms with Crippen LogP contribution in [0.3, 0.4) is 0 Å². The van der Waals surface area contributed by atoms with Crippen molar-refractivity contribution in [3.8, 4) is 44.9 Å². The van der Waals surface area contributed by atoms with Crippen LogP contribution in [-0.2, 0) is 0 Å². The van der Waals surface area contributed by atoms with E-state index in [-0.39, 0.29) is 0 Å². The highest BCUT2D eigenvalue weighted by molar-refractivity contribution is 6.09. The molecular formula is C57H36N4O. The topological polar surface area (TPSA) is 55.1 Å². The first-order chi connectivity index (χ1) is 30.7. The lowest BCUT2D eigenvalue weighted by Gasteiger charge is -2.26. The van der Waals surface area contributed by atoms with Gasteiger partial charge in [-0.15, -0.1) is 0 Å². The maximum absolute atomic E-state index is 6.21. The van der Waals surface area contributed by atoms with Crippen LogP contribution < -0.4 is 4.90 Å². The van der Waals surface area contributed by atoms with E-state index >= 15 is 0 Å². The van der Waals surface area contributed by atoms with E-state index in [2.05, 4.69) is 163 Å². The van der Waals surface area contributed by atoms with Gasteiger partial charge in [0.05, 0.1) is 22.6 Å². The molecule has 290 valence electrons. The van der Waals surface area contributed by atoms with Crippen LogP contribution in [0.15, 0.2) is 223 Å². The Balaban J connectivity index is 0.930. The Kier molecular flexibility index (Phi) is 8.42. The number of hydrogen-bond donors (Lipinski definition) is 0. The van der Waals surface area contributed by atoms with Crippen molar-refractivity contribution in [3.05, 3.63) is 219 Å². The minimum atomic E-state index is 0.828. The van der Waals surface area contributed by atoms with Gasteiger partial charge in [-0.2, -0.15) is 0 Å². The van der Waals surface area contributed by atoms with Crippen molar-refractivity contribution in [2.24, 2.45) is 0 Å². The van der Waals surface area contributed by atoms with Crippen molar-refractivity contribution >= 4 is 71.4 Å².